The molecule has 31 heavy (non-hydrogen) atoms. The molecule has 5 nitrogen and oxygen atoms in total. The van der Waals surface area contributed by atoms with Crippen molar-refractivity contribution in [3.05, 3.63) is 83.2 Å². The molecule has 3 aromatic rings. The lowest BCUT2D eigenvalue weighted by Gasteiger charge is -2.11. The van der Waals surface area contributed by atoms with Gasteiger partial charge in [0.05, 0.1) is 5.69 Å². The standard InChI is InChI=1S/C24H27ClN4OS/c1-3-15-26-23(30)10-5-4-9-22-27-28-24(29(22)21-8-6-7-20(25)16-21)31-17-19-13-11-18(2)12-14-19/h3,6-8,11-14,16H,1,4-5,9-10,15,17H2,2H3,(H,26,30). The molecule has 1 heterocycles. The first-order chi connectivity index (χ1) is 15.1. The Labute approximate surface area is 192 Å². The van der Waals surface area contributed by atoms with Crippen LogP contribution in [-0.2, 0) is 17.0 Å². The minimum Gasteiger partial charge on any atom is -0.353 e. The van der Waals surface area contributed by atoms with Crippen LogP contribution in [-0.4, -0.2) is 27.2 Å². The molecule has 0 aliphatic carbocycles. The highest BCUT2D eigenvalue weighted by Crippen LogP contribution is 2.27. The summed E-state index contributed by atoms with van der Waals surface area (Å²) in [7, 11) is 0. The molecule has 0 fully saturated rings. The van der Waals surface area contributed by atoms with E-state index in [-0.39, 0.29) is 5.91 Å². The summed E-state index contributed by atoms with van der Waals surface area (Å²) in [5.74, 6) is 1.73. The fourth-order valence-electron chi connectivity index (χ4n) is 3.11. The largest absolute Gasteiger partial charge is 0.353 e. The van der Waals surface area contributed by atoms with Crippen LogP contribution in [0.15, 0.2) is 66.3 Å². The quantitative estimate of drug-likeness (QED) is 0.235. The van der Waals surface area contributed by atoms with Crippen molar-refractivity contribution in [3.8, 4) is 5.69 Å². The second-order valence-corrected chi connectivity index (χ2v) is 8.67. The molecule has 0 saturated heterocycles. The number of benzene rings is 2. The maximum atomic E-state index is 11.8. The summed E-state index contributed by atoms with van der Waals surface area (Å²) in [6, 6.07) is 16.2. The number of nitrogens with one attached hydrogen (secondary N) is 1. The molecule has 1 amide bonds. The van der Waals surface area contributed by atoms with Gasteiger partial charge in [0, 0.05) is 30.2 Å². The van der Waals surface area contributed by atoms with Crippen molar-refractivity contribution in [2.45, 2.75) is 43.5 Å². The van der Waals surface area contributed by atoms with E-state index in [1.165, 1.54) is 11.1 Å². The van der Waals surface area contributed by atoms with E-state index in [1.54, 1.807) is 17.8 Å². The lowest BCUT2D eigenvalue weighted by molar-refractivity contribution is -0.121. The summed E-state index contributed by atoms with van der Waals surface area (Å²) in [6.45, 7) is 6.20. The average Bonchev–Trinajstić information content (AvgIpc) is 3.17. The van der Waals surface area contributed by atoms with Gasteiger partial charge in [0.1, 0.15) is 5.82 Å². The maximum Gasteiger partial charge on any atom is 0.220 e. The molecule has 7 heteroatoms. The number of aryl methyl sites for hydroxylation is 2. The monoisotopic (exact) mass is 454 g/mol. The van der Waals surface area contributed by atoms with E-state index >= 15 is 0 Å². The first kappa shape index (κ1) is 23.1. The highest BCUT2D eigenvalue weighted by molar-refractivity contribution is 7.98. The normalized spacial score (nSPS) is 10.8. The Balaban J connectivity index is 1.70. The van der Waals surface area contributed by atoms with Gasteiger partial charge in [0.2, 0.25) is 5.91 Å². The zero-order valence-corrected chi connectivity index (χ0v) is 19.3. The summed E-state index contributed by atoms with van der Waals surface area (Å²) in [4.78, 5) is 11.8. The van der Waals surface area contributed by atoms with E-state index in [4.69, 9.17) is 11.6 Å². The number of aromatic nitrogens is 3. The van der Waals surface area contributed by atoms with Crippen LogP contribution in [0.2, 0.25) is 5.02 Å². The smallest absolute Gasteiger partial charge is 0.220 e. The van der Waals surface area contributed by atoms with E-state index in [0.29, 0.717) is 18.0 Å². The van der Waals surface area contributed by atoms with Crippen molar-refractivity contribution in [2.75, 3.05) is 6.54 Å². The Morgan fingerprint density at radius 2 is 2.00 bits per heavy atom. The van der Waals surface area contributed by atoms with Crippen LogP contribution >= 0.6 is 23.4 Å². The number of halogens is 1. The van der Waals surface area contributed by atoms with Crippen molar-refractivity contribution >= 4 is 29.3 Å². The molecule has 0 aliphatic rings. The fourth-order valence-corrected chi connectivity index (χ4v) is 4.22. The number of unbranched alkanes of at least 4 members (excludes halogenated alkanes) is 1. The zero-order valence-electron chi connectivity index (χ0n) is 17.7. The second kappa shape index (κ2) is 11.7. The third-order valence-corrected chi connectivity index (χ3v) is 5.99. The van der Waals surface area contributed by atoms with Crippen LogP contribution in [0.1, 0.15) is 36.2 Å². The first-order valence-electron chi connectivity index (χ1n) is 10.3. The molecule has 0 saturated carbocycles. The molecule has 162 valence electrons. The lowest BCUT2D eigenvalue weighted by atomic mass is 10.1. The highest BCUT2D eigenvalue weighted by atomic mass is 35.5. The SMILES string of the molecule is C=CCNC(=O)CCCCc1nnc(SCc2ccc(C)cc2)n1-c1cccc(Cl)c1. The van der Waals surface area contributed by atoms with Crippen molar-refractivity contribution in [3.63, 3.8) is 0 Å². The minimum atomic E-state index is 0.0468. The highest BCUT2D eigenvalue weighted by Gasteiger charge is 2.15. The Morgan fingerprint density at radius 3 is 2.74 bits per heavy atom. The van der Waals surface area contributed by atoms with E-state index in [9.17, 15) is 4.79 Å². The van der Waals surface area contributed by atoms with Gasteiger partial charge < -0.3 is 5.32 Å². The van der Waals surface area contributed by atoms with Crippen LogP contribution in [0.25, 0.3) is 5.69 Å². The zero-order chi connectivity index (χ0) is 22.1. The molecule has 0 spiro atoms. The number of carbonyl (C=O) groups is 1. The predicted octanol–water partition coefficient (Wildman–Crippen LogP) is 5.54. The van der Waals surface area contributed by atoms with Gasteiger partial charge in [-0.2, -0.15) is 0 Å². The summed E-state index contributed by atoms with van der Waals surface area (Å²) in [6.07, 6.45) is 4.55. The maximum absolute atomic E-state index is 11.8. The molecule has 0 bridgehead atoms. The predicted molar refractivity (Wildman–Crippen MR) is 128 cm³/mol. The summed E-state index contributed by atoms with van der Waals surface area (Å²) < 4.78 is 2.07. The fraction of sp³-hybridized carbons (Fsp3) is 0.292. The van der Waals surface area contributed by atoms with Gasteiger partial charge >= 0.3 is 0 Å². The van der Waals surface area contributed by atoms with Crippen molar-refractivity contribution in [2.24, 2.45) is 0 Å². The van der Waals surface area contributed by atoms with Crippen molar-refractivity contribution in [1.29, 1.82) is 0 Å². The number of amides is 1. The van der Waals surface area contributed by atoms with E-state index < -0.39 is 0 Å². The van der Waals surface area contributed by atoms with E-state index in [0.717, 1.165) is 41.7 Å². The molecule has 0 aliphatic heterocycles. The van der Waals surface area contributed by atoms with Crippen molar-refractivity contribution in [1.82, 2.24) is 20.1 Å². The van der Waals surface area contributed by atoms with Crippen LogP contribution in [0.5, 0.6) is 0 Å². The van der Waals surface area contributed by atoms with Gasteiger partial charge in [-0.25, -0.2) is 0 Å². The molecular weight excluding hydrogens is 428 g/mol. The molecule has 0 unspecified atom stereocenters. The number of rotatable bonds is 11. The Bertz CT molecular complexity index is 1020. The molecule has 3 rings (SSSR count). The molecule has 1 N–H and O–H groups in total. The third-order valence-electron chi connectivity index (χ3n) is 4.75. The van der Waals surface area contributed by atoms with Crippen LogP contribution < -0.4 is 5.32 Å². The molecule has 1 aromatic heterocycles. The number of carbonyl (C=O) groups excluding carboxylic acids is 1. The van der Waals surface area contributed by atoms with Crippen LogP contribution in [0.4, 0.5) is 0 Å². The van der Waals surface area contributed by atoms with E-state index in [2.05, 4.69) is 57.8 Å². The van der Waals surface area contributed by atoms with Gasteiger partial charge in [-0.3, -0.25) is 9.36 Å². The molecule has 0 radical (unpaired) electrons. The molecular formula is C24H27ClN4OS. The number of thioether (sulfide) groups is 1. The van der Waals surface area contributed by atoms with Gasteiger partial charge in [0.15, 0.2) is 5.16 Å². The topological polar surface area (TPSA) is 59.8 Å². The third kappa shape index (κ3) is 6.97. The van der Waals surface area contributed by atoms with Crippen LogP contribution in [0, 0.1) is 6.92 Å². The van der Waals surface area contributed by atoms with E-state index in [1.807, 2.05) is 24.3 Å². The second-order valence-electron chi connectivity index (χ2n) is 7.29. The number of hydrogen-bond acceptors (Lipinski definition) is 4. The number of nitrogens with zero attached hydrogens (tertiary/aromatic N) is 3. The summed E-state index contributed by atoms with van der Waals surface area (Å²) in [5, 5.41) is 13.2. The Hall–Kier alpha value is -2.57. The minimum absolute atomic E-state index is 0.0468. The Morgan fingerprint density at radius 1 is 1.19 bits per heavy atom. The van der Waals surface area contributed by atoms with Crippen LogP contribution in [0.3, 0.4) is 0 Å². The van der Waals surface area contributed by atoms with Gasteiger partial charge in [-0.1, -0.05) is 65.3 Å². The Kier molecular flexibility index (Phi) is 8.74. The van der Waals surface area contributed by atoms with Crippen molar-refractivity contribution < 1.29 is 4.79 Å². The summed E-state index contributed by atoms with van der Waals surface area (Å²) in [5.41, 5.74) is 3.43. The lowest BCUT2D eigenvalue weighted by Crippen LogP contribution is -2.22. The average molecular weight is 455 g/mol. The summed E-state index contributed by atoms with van der Waals surface area (Å²) >= 11 is 7.90. The first-order valence-corrected chi connectivity index (χ1v) is 11.7. The number of hydrogen-bond donors (Lipinski definition) is 1. The van der Waals surface area contributed by atoms with Gasteiger partial charge in [-0.15, -0.1) is 16.8 Å². The van der Waals surface area contributed by atoms with Gasteiger partial charge in [0.25, 0.3) is 0 Å². The molecule has 0 atom stereocenters. The van der Waals surface area contributed by atoms with Gasteiger partial charge in [-0.05, 0) is 43.5 Å². The molecule has 2 aromatic carbocycles.